The first-order valence-corrected chi connectivity index (χ1v) is 9.55. The highest BCUT2D eigenvalue weighted by Crippen LogP contribution is 2.42. The number of carbonyl (C=O) groups is 2. The summed E-state index contributed by atoms with van der Waals surface area (Å²) in [6, 6.07) is 8.23. The van der Waals surface area contributed by atoms with Crippen LogP contribution in [-0.4, -0.2) is 45.7 Å². The lowest BCUT2D eigenvalue weighted by Crippen LogP contribution is -2.52. The van der Waals surface area contributed by atoms with E-state index in [1.54, 1.807) is 4.90 Å². The van der Waals surface area contributed by atoms with Crippen LogP contribution in [-0.2, 0) is 6.42 Å². The molecular weight excluding hydrogens is 382 g/mol. The van der Waals surface area contributed by atoms with Gasteiger partial charge in [0, 0.05) is 32.1 Å². The van der Waals surface area contributed by atoms with Crippen LogP contribution in [0, 0.1) is 0 Å². The standard InChI is InChI=1S/C20H20ClN3O4/c21-15-3-1-2-13-4-6-20(28-17(13)15)7-10-24(11-8-20)19(27)23-16-12-14(18(25)26)5-9-22-16/h1-3,5,9,12H,4,6-8,10-11H2,(H,25,26)(H,22,23,27). The van der Waals surface area contributed by atoms with Gasteiger partial charge in [-0.3, -0.25) is 5.32 Å². The minimum atomic E-state index is -1.06. The van der Waals surface area contributed by atoms with E-state index in [1.807, 2.05) is 18.2 Å². The van der Waals surface area contributed by atoms with E-state index in [-0.39, 0.29) is 23.0 Å². The quantitative estimate of drug-likeness (QED) is 0.798. The van der Waals surface area contributed by atoms with Crippen molar-refractivity contribution in [1.29, 1.82) is 0 Å². The molecular formula is C20H20ClN3O4. The number of carboxylic acid groups (broad SMARTS) is 1. The van der Waals surface area contributed by atoms with Gasteiger partial charge in [0.25, 0.3) is 0 Å². The Morgan fingerprint density at radius 1 is 1.21 bits per heavy atom. The molecule has 1 saturated heterocycles. The first-order valence-electron chi connectivity index (χ1n) is 9.17. The second-order valence-corrected chi connectivity index (χ2v) is 7.57. The highest BCUT2D eigenvalue weighted by Gasteiger charge is 2.41. The van der Waals surface area contributed by atoms with E-state index in [1.165, 1.54) is 18.3 Å². The molecule has 0 saturated carbocycles. The molecule has 2 N–H and O–H groups in total. The van der Waals surface area contributed by atoms with Crippen molar-refractivity contribution in [3.63, 3.8) is 0 Å². The van der Waals surface area contributed by atoms with Crippen LogP contribution >= 0.6 is 11.6 Å². The predicted molar refractivity (Wildman–Crippen MR) is 104 cm³/mol. The average molecular weight is 402 g/mol. The number of likely N-dealkylation sites (tertiary alicyclic amines) is 1. The van der Waals surface area contributed by atoms with Crippen LogP contribution in [0.4, 0.5) is 10.6 Å². The Morgan fingerprint density at radius 3 is 2.75 bits per heavy atom. The number of aryl methyl sites for hydroxylation is 1. The average Bonchev–Trinajstić information content (AvgIpc) is 2.69. The Kier molecular flexibility index (Phi) is 4.85. The topological polar surface area (TPSA) is 91.8 Å². The lowest BCUT2D eigenvalue weighted by atomic mass is 9.83. The number of pyridine rings is 1. The number of benzene rings is 1. The second-order valence-electron chi connectivity index (χ2n) is 7.17. The molecule has 2 amide bonds. The summed E-state index contributed by atoms with van der Waals surface area (Å²) in [5.41, 5.74) is 0.910. The minimum Gasteiger partial charge on any atom is -0.485 e. The number of anilines is 1. The van der Waals surface area contributed by atoms with E-state index < -0.39 is 5.97 Å². The predicted octanol–water partition coefficient (Wildman–Crippen LogP) is 3.82. The molecule has 2 aromatic rings. The summed E-state index contributed by atoms with van der Waals surface area (Å²) in [7, 11) is 0. The highest BCUT2D eigenvalue weighted by atomic mass is 35.5. The van der Waals surface area contributed by atoms with Gasteiger partial charge in [-0.05, 0) is 36.6 Å². The van der Waals surface area contributed by atoms with E-state index in [4.69, 9.17) is 21.4 Å². The van der Waals surface area contributed by atoms with Gasteiger partial charge in [-0.15, -0.1) is 0 Å². The van der Waals surface area contributed by atoms with E-state index in [9.17, 15) is 9.59 Å². The largest absolute Gasteiger partial charge is 0.485 e. The first-order chi connectivity index (χ1) is 13.5. The zero-order valence-electron chi connectivity index (χ0n) is 15.2. The molecule has 1 aromatic heterocycles. The van der Waals surface area contributed by atoms with E-state index >= 15 is 0 Å². The van der Waals surface area contributed by atoms with Crippen molar-refractivity contribution in [2.24, 2.45) is 0 Å². The van der Waals surface area contributed by atoms with Gasteiger partial charge in [-0.1, -0.05) is 23.7 Å². The Labute approximate surface area is 167 Å². The van der Waals surface area contributed by atoms with Crippen molar-refractivity contribution in [3.8, 4) is 5.75 Å². The summed E-state index contributed by atoms with van der Waals surface area (Å²) >= 11 is 6.30. The summed E-state index contributed by atoms with van der Waals surface area (Å²) in [6.45, 7) is 1.09. The van der Waals surface area contributed by atoms with Crippen LogP contribution in [0.25, 0.3) is 0 Å². The number of aromatic nitrogens is 1. The third kappa shape index (κ3) is 3.62. The monoisotopic (exact) mass is 401 g/mol. The second kappa shape index (κ2) is 7.31. The molecule has 0 bridgehead atoms. The number of halogens is 1. The van der Waals surface area contributed by atoms with Crippen molar-refractivity contribution in [2.45, 2.75) is 31.3 Å². The van der Waals surface area contributed by atoms with Gasteiger partial charge in [-0.2, -0.15) is 0 Å². The zero-order valence-corrected chi connectivity index (χ0v) is 15.9. The molecule has 28 heavy (non-hydrogen) atoms. The molecule has 2 aliphatic heterocycles. The SMILES string of the molecule is O=C(O)c1ccnc(NC(=O)N2CCC3(CCc4cccc(Cl)c4O3)CC2)c1. The molecule has 7 nitrogen and oxygen atoms in total. The Balaban J connectivity index is 1.39. The number of carboxylic acids is 1. The molecule has 0 unspecified atom stereocenters. The number of ether oxygens (including phenoxy) is 1. The fourth-order valence-electron chi connectivity index (χ4n) is 3.78. The number of hydrogen-bond donors (Lipinski definition) is 2. The number of nitrogens with zero attached hydrogens (tertiary/aromatic N) is 2. The maximum absolute atomic E-state index is 12.5. The van der Waals surface area contributed by atoms with Gasteiger partial charge in [-0.25, -0.2) is 14.6 Å². The van der Waals surface area contributed by atoms with Gasteiger partial charge in [0.15, 0.2) is 0 Å². The lowest BCUT2D eigenvalue weighted by molar-refractivity contribution is -0.00428. The van der Waals surface area contributed by atoms with Crippen LogP contribution in [0.3, 0.4) is 0 Å². The summed E-state index contributed by atoms with van der Waals surface area (Å²) in [5, 5.41) is 12.3. The fraction of sp³-hybridized carbons (Fsp3) is 0.350. The maximum atomic E-state index is 12.5. The number of amides is 2. The summed E-state index contributed by atoms with van der Waals surface area (Å²) in [4.78, 5) is 29.3. The summed E-state index contributed by atoms with van der Waals surface area (Å²) in [6.07, 6.45) is 4.61. The van der Waals surface area contributed by atoms with Crippen LogP contribution in [0.5, 0.6) is 5.75 Å². The van der Waals surface area contributed by atoms with Crippen molar-refractivity contribution < 1.29 is 19.4 Å². The number of carbonyl (C=O) groups excluding carboxylic acids is 1. The number of piperidine rings is 1. The minimum absolute atomic E-state index is 0.0778. The van der Waals surface area contributed by atoms with Crippen LogP contribution < -0.4 is 10.1 Å². The Hall–Kier alpha value is -2.80. The van der Waals surface area contributed by atoms with Gasteiger partial charge in [0.2, 0.25) is 0 Å². The number of fused-ring (bicyclic) bond motifs is 1. The van der Waals surface area contributed by atoms with Gasteiger partial charge in [0.05, 0.1) is 10.6 Å². The molecule has 0 atom stereocenters. The number of para-hydroxylation sites is 1. The number of aromatic carboxylic acids is 1. The molecule has 1 spiro atoms. The summed E-state index contributed by atoms with van der Waals surface area (Å²) in [5.74, 6) is -0.0750. The van der Waals surface area contributed by atoms with Crippen molar-refractivity contribution in [1.82, 2.24) is 9.88 Å². The first kappa shape index (κ1) is 18.6. The Bertz CT molecular complexity index is 925. The molecule has 146 valence electrons. The zero-order chi connectivity index (χ0) is 19.7. The molecule has 2 aliphatic rings. The van der Waals surface area contributed by atoms with Crippen LogP contribution in [0.2, 0.25) is 5.02 Å². The fourth-order valence-corrected chi connectivity index (χ4v) is 4.02. The number of urea groups is 1. The molecule has 4 rings (SSSR count). The Morgan fingerprint density at radius 2 is 2.00 bits per heavy atom. The van der Waals surface area contributed by atoms with E-state index in [0.717, 1.165) is 24.2 Å². The third-order valence-corrected chi connectivity index (χ3v) is 5.72. The number of rotatable bonds is 2. The van der Waals surface area contributed by atoms with Crippen molar-refractivity contribution in [3.05, 3.63) is 52.7 Å². The van der Waals surface area contributed by atoms with E-state index in [0.29, 0.717) is 31.0 Å². The highest BCUT2D eigenvalue weighted by molar-refractivity contribution is 6.32. The smallest absolute Gasteiger partial charge is 0.335 e. The van der Waals surface area contributed by atoms with Crippen molar-refractivity contribution in [2.75, 3.05) is 18.4 Å². The van der Waals surface area contributed by atoms with Gasteiger partial charge in [0.1, 0.15) is 17.2 Å². The molecule has 0 radical (unpaired) electrons. The summed E-state index contributed by atoms with van der Waals surface area (Å²) < 4.78 is 6.31. The lowest BCUT2D eigenvalue weighted by Gasteiger charge is -2.44. The maximum Gasteiger partial charge on any atom is 0.335 e. The van der Waals surface area contributed by atoms with Crippen LogP contribution in [0.15, 0.2) is 36.5 Å². The van der Waals surface area contributed by atoms with E-state index in [2.05, 4.69) is 10.3 Å². The number of hydrogen-bond acceptors (Lipinski definition) is 4. The molecule has 3 heterocycles. The van der Waals surface area contributed by atoms with Crippen molar-refractivity contribution >= 4 is 29.4 Å². The van der Waals surface area contributed by atoms with Gasteiger partial charge < -0.3 is 14.7 Å². The molecule has 1 fully saturated rings. The molecule has 8 heteroatoms. The molecule has 1 aromatic carbocycles. The third-order valence-electron chi connectivity index (χ3n) is 5.42. The number of nitrogens with one attached hydrogen (secondary N) is 1. The van der Waals surface area contributed by atoms with Gasteiger partial charge >= 0.3 is 12.0 Å². The van der Waals surface area contributed by atoms with Crippen LogP contribution in [0.1, 0.15) is 35.2 Å². The normalized spacial score (nSPS) is 17.5. The molecule has 0 aliphatic carbocycles.